The molecule has 4 nitrogen and oxygen atoms in total. The molecule has 2 aromatic carbocycles. The molecular formula is C21H17NO3. The van der Waals surface area contributed by atoms with E-state index in [1.165, 1.54) is 0 Å². The zero-order chi connectivity index (χ0) is 17.1. The summed E-state index contributed by atoms with van der Waals surface area (Å²) in [5, 5.41) is 0. The van der Waals surface area contributed by atoms with Gasteiger partial charge >= 0.3 is 0 Å². The zero-order valence-corrected chi connectivity index (χ0v) is 13.6. The van der Waals surface area contributed by atoms with Gasteiger partial charge in [-0.1, -0.05) is 60.7 Å². The largest absolute Gasteiger partial charge is 0.486 e. The second kappa shape index (κ2) is 6.87. The first kappa shape index (κ1) is 15.5. The van der Waals surface area contributed by atoms with Crippen molar-refractivity contribution in [2.24, 2.45) is 0 Å². The summed E-state index contributed by atoms with van der Waals surface area (Å²) < 4.78 is 11.9. The highest BCUT2D eigenvalue weighted by Crippen LogP contribution is 2.40. The Kier molecular flexibility index (Phi) is 4.27. The summed E-state index contributed by atoms with van der Waals surface area (Å²) in [7, 11) is 0. The van der Waals surface area contributed by atoms with Crippen LogP contribution in [0.2, 0.25) is 0 Å². The highest BCUT2D eigenvalue weighted by atomic mass is 16.5. The van der Waals surface area contributed by atoms with Gasteiger partial charge in [-0.25, -0.2) is 4.98 Å². The minimum Gasteiger partial charge on any atom is -0.486 e. The van der Waals surface area contributed by atoms with E-state index in [0.29, 0.717) is 24.7 Å². The SMILES string of the molecule is O=Cc1ncc2c(c1OCc1ccccc1)COC2c1ccccc1. The molecule has 124 valence electrons. The Labute approximate surface area is 146 Å². The molecule has 0 radical (unpaired) electrons. The molecule has 1 aromatic heterocycles. The maximum atomic E-state index is 11.4. The second-order valence-corrected chi connectivity index (χ2v) is 5.90. The average molecular weight is 331 g/mol. The van der Waals surface area contributed by atoms with Crippen LogP contribution < -0.4 is 4.74 Å². The van der Waals surface area contributed by atoms with Crippen molar-refractivity contribution >= 4 is 6.29 Å². The Morgan fingerprint density at radius 1 is 1.08 bits per heavy atom. The van der Waals surface area contributed by atoms with Crippen molar-refractivity contribution in [2.45, 2.75) is 19.3 Å². The fourth-order valence-corrected chi connectivity index (χ4v) is 3.07. The molecule has 1 atom stereocenters. The standard InChI is InChI=1S/C21H17NO3/c23-12-19-21(24-13-15-7-3-1-4-8-15)18-14-25-20(17(18)11-22-19)16-9-5-2-6-10-16/h1-12,20H,13-14H2. The molecule has 1 aliphatic rings. The molecule has 0 spiro atoms. The summed E-state index contributed by atoms with van der Waals surface area (Å²) in [5.41, 5.74) is 4.28. The van der Waals surface area contributed by atoms with E-state index in [1.54, 1.807) is 6.20 Å². The lowest BCUT2D eigenvalue weighted by atomic mass is 10.0. The van der Waals surface area contributed by atoms with E-state index in [1.807, 2.05) is 60.7 Å². The number of aromatic nitrogens is 1. The van der Waals surface area contributed by atoms with Crippen LogP contribution in [-0.4, -0.2) is 11.3 Å². The van der Waals surface area contributed by atoms with Crippen LogP contribution in [0.5, 0.6) is 5.75 Å². The molecule has 0 bridgehead atoms. The van der Waals surface area contributed by atoms with E-state index in [4.69, 9.17) is 9.47 Å². The van der Waals surface area contributed by atoms with Gasteiger partial charge in [0.25, 0.3) is 0 Å². The third-order valence-corrected chi connectivity index (χ3v) is 4.31. The maximum absolute atomic E-state index is 11.4. The summed E-state index contributed by atoms with van der Waals surface area (Å²) in [5.74, 6) is 0.523. The fraction of sp³-hybridized carbons (Fsp3) is 0.143. The van der Waals surface area contributed by atoms with Gasteiger partial charge in [-0.3, -0.25) is 4.79 Å². The zero-order valence-electron chi connectivity index (χ0n) is 13.6. The lowest BCUT2D eigenvalue weighted by Gasteiger charge is -2.13. The van der Waals surface area contributed by atoms with Gasteiger partial charge in [0.2, 0.25) is 0 Å². The minimum absolute atomic E-state index is 0.177. The van der Waals surface area contributed by atoms with Crippen molar-refractivity contribution < 1.29 is 14.3 Å². The molecule has 1 unspecified atom stereocenters. The van der Waals surface area contributed by atoms with Crippen molar-refractivity contribution in [3.8, 4) is 5.75 Å². The Bertz CT molecular complexity index is 878. The van der Waals surface area contributed by atoms with Gasteiger partial charge in [0.15, 0.2) is 12.0 Å². The monoisotopic (exact) mass is 331 g/mol. The maximum Gasteiger partial charge on any atom is 0.172 e. The number of pyridine rings is 1. The van der Waals surface area contributed by atoms with E-state index >= 15 is 0 Å². The molecular weight excluding hydrogens is 314 g/mol. The van der Waals surface area contributed by atoms with E-state index in [0.717, 1.165) is 28.5 Å². The van der Waals surface area contributed by atoms with Crippen LogP contribution in [-0.2, 0) is 18.0 Å². The number of carbonyl (C=O) groups is 1. The summed E-state index contributed by atoms with van der Waals surface area (Å²) in [4.78, 5) is 15.7. The smallest absolute Gasteiger partial charge is 0.172 e. The Morgan fingerprint density at radius 3 is 2.52 bits per heavy atom. The van der Waals surface area contributed by atoms with Gasteiger partial charge in [0.05, 0.1) is 6.61 Å². The topological polar surface area (TPSA) is 48.4 Å². The van der Waals surface area contributed by atoms with Crippen LogP contribution in [0.4, 0.5) is 0 Å². The Morgan fingerprint density at radius 2 is 1.80 bits per heavy atom. The number of carbonyl (C=O) groups excluding carboxylic acids is 1. The Hall–Kier alpha value is -2.98. The number of hydrogen-bond donors (Lipinski definition) is 0. The van der Waals surface area contributed by atoms with Crippen LogP contribution >= 0.6 is 0 Å². The van der Waals surface area contributed by atoms with Gasteiger partial charge in [-0.15, -0.1) is 0 Å². The number of aldehydes is 1. The quantitative estimate of drug-likeness (QED) is 0.661. The third-order valence-electron chi connectivity index (χ3n) is 4.31. The van der Waals surface area contributed by atoms with E-state index in [9.17, 15) is 4.79 Å². The van der Waals surface area contributed by atoms with Gasteiger partial charge in [-0.2, -0.15) is 0 Å². The predicted molar refractivity (Wildman–Crippen MR) is 93.5 cm³/mol. The van der Waals surface area contributed by atoms with Crippen LogP contribution in [0.3, 0.4) is 0 Å². The van der Waals surface area contributed by atoms with Gasteiger partial charge in [0, 0.05) is 17.3 Å². The third kappa shape index (κ3) is 3.04. The molecule has 0 saturated carbocycles. The fourth-order valence-electron chi connectivity index (χ4n) is 3.07. The van der Waals surface area contributed by atoms with Gasteiger partial charge in [0.1, 0.15) is 18.4 Å². The lowest BCUT2D eigenvalue weighted by molar-refractivity contribution is 0.0928. The molecule has 0 aliphatic carbocycles. The summed E-state index contributed by atoms with van der Waals surface area (Å²) in [6.07, 6.45) is 2.28. The molecule has 0 amide bonds. The molecule has 3 aromatic rings. The first-order valence-corrected chi connectivity index (χ1v) is 8.17. The first-order valence-electron chi connectivity index (χ1n) is 8.17. The number of benzene rings is 2. The number of ether oxygens (including phenoxy) is 2. The number of fused-ring (bicyclic) bond motifs is 1. The van der Waals surface area contributed by atoms with Crippen molar-refractivity contribution in [3.05, 3.63) is 94.8 Å². The first-order chi connectivity index (χ1) is 12.4. The molecule has 25 heavy (non-hydrogen) atoms. The molecule has 2 heterocycles. The van der Waals surface area contributed by atoms with Crippen molar-refractivity contribution in [1.29, 1.82) is 0 Å². The normalized spacial score (nSPS) is 15.6. The highest BCUT2D eigenvalue weighted by molar-refractivity contribution is 5.78. The highest BCUT2D eigenvalue weighted by Gasteiger charge is 2.29. The van der Waals surface area contributed by atoms with E-state index in [2.05, 4.69) is 4.98 Å². The molecule has 0 saturated heterocycles. The number of nitrogens with zero attached hydrogens (tertiary/aromatic N) is 1. The van der Waals surface area contributed by atoms with Gasteiger partial charge in [-0.05, 0) is 11.1 Å². The van der Waals surface area contributed by atoms with E-state index in [-0.39, 0.29) is 6.10 Å². The molecule has 4 heteroatoms. The molecule has 0 fully saturated rings. The summed E-state index contributed by atoms with van der Waals surface area (Å²) >= 11 is 0. The van der Waals surface area contributed by atoms with Crippen LogP contribution in [0.1, 0.15) is 38.8 Å². The molecule has 4 rings (SSSR count). The number of hydrogen-bond acceptors (Lipinski definition) is 4. The summed E-state index contributed by atoms with van der Waals surface area (Å²) in [6.45, 7) is 0.790. The van der Waals surface area contributed by atoms with Crippen molar-refractivity contribution in [1.82, 2.24) is 4.98 Å². The molecule has 1 aliphatic heterocycles. The predicted octanol–water partition coefficient (Wildman–Crippen LogP) is 4.09. The average Bonchev–Trinajstić information content (AvgIpc) is 3.12. The van der Waals surface area contributed by atoms with Crippen LogP contribution in [0.25, 0.3) is 0 Å². The van der Waals surface area contributed by atoms with Crippen molar-refractivity contribution in [2.75, 3.05) is 0 Å². The lowest BCUT2D eigenvalue weighted by Crippen LogP contribution is -2.05. The Balaban J connectivity index is 1.67. The van der Waals surface area contributed by atoms with Crippen LogP contribution in [0, 0.1) is 0 Å². The van der Waals surface area contributed by atoms with Crippen molar-refractivity contribution in [3.63, 3.8) is 0 Å². The summed E-state index contributed by atoms with van der Waals surface area (Å²) in [6, 6.07) is 19.8. The second-order valence-electron chi connectivity index (χ2n) is 5.90. The minimum atomic E-state index is -0.177. The van der Waals surface area contributed by atoms with E-state index < -0.39 is 0 Å². The number of rotatable bonds is 5. The molecule has 0 N–H and O–H groups in total. The van der Waals surface area contributed by atoms with Gasteiger partial charge < -0.3 is 9.47 Å². The van der Waals surface area contributed by atoms with Crippen LogP contribution in [0.15, 0.2) is 66.9 Å².